The van der Waals surface area contributed by atoms with Crippen molar-refractivity contribution in [1.29, 1.82) is 0 Å². The average Bonchev–Trinajstić information content (AvgIpc) is 2.85. The normalized spacial score (nSPS) is 32.6. The van der Waals surface area contributed by atoms with E-state index in [4.69, 9.17) is 0 Å². The van der Waals surface area contributed by atoms with Gasteiger partial charge in [-0.15, -0.1) is 0 Å². The third-order valence-electron chi connectivity index (χ3n) is 4.38. The molecule has 2 nitrogen and oxygen atoms in total. The Balaban J connectivity index is 1.89. The summed E-state index contributed by atoms with van der Waals surface area (Å²) in [6.07, 6.45) is -1.13. The van der Waals surface area contributed by atoms with Gasteiger partial charge in [0.25, 0.3) is 0 Å². The van der Waals surface area contributed by atoms with Gasteiger partial charge in [-0.3, -0.25) is 4.79 Å². The zero-order valence-electron chi connectivity index (χ0n) is 10.8. The lowest BCUT2D eigenvalue weighted by atomic mass is 9.81. The van der Waals surface area contributed by atoms with Crippen molar-refractivity contribution in [2.75, 3.05) is 11.9 Å². The molecule has 1 aliphatic carbocycles. The molecular weight excluding hydrogens is 323 g/mol. The molecule has 0 aromatic heterocycles. The zero-order chi connectivity index (χ0) is 14.0. The van der Waals surface area contributed by atoms with Crippen molar-refractivity contribution >= 4 is 21.8 Å². The molecule has 2 rings (SSSR count). The lowest BCUT2D eigenvalue weighted by Gasteiger charge is -2.33. The van der Waals surface area contributed by atoms with Crippen LogP contribution in [0.15, 0.2) is 0 Å². The van der Waals surface area contributed by atoms with Crippen LogP contribution in [0, 0.1) is 11.8 Å². The van der Waals surface area contributed by atoms with Crippen LogP contribution in [0.25, 0.3) is 0 Å². The average molecular weight is 342 g/mol. The summed E-state index contributed by atoms with van der Waals surface area (Å²) < 4.78 is 37.8. The van der Waals surface area contributed by atoms with Crippen molar-refractivity contribution in [2.45, 2.75) is 50.7 Å². The highest BCUT2D eigenvalue weighted by atomic mass is 79.9. The van der Waals surface area contributed by atoms with Crippen LogP contribution in [0.3, 0.4) is 0 Å². The van der Waals surface area contributed by atoms with E-state index in [-0.39, 0.29) is 30.7 Å². The fourth-order valence-electron chi connectivity index (χ4n) is 3.19. The van der Waals surface area contributed by atoms with Gasteiger partial charge in [0.05, 0.1) is 5.92 Å². The molecule has 1 saturated heterocycles. The molecule has 6 heteroatoms. The van der Waals surface area contributed by atoms with E-state index >= 15 is 0 Å². The highest BCUT2D eigenvalue weighted by Crippen LogP contribution is 2.40. The number of rotatable bonds is 2. The topological polar surface area (TPSA) is 20.3 Å². The highest BCUT2D eigenvalue weighted by Gasteiger charge is 2.43. The van der Waals surface area contributed by atoms with Gasteiger partial charge in [0.2, 0.25) is 5.91 Å². The molecule has 2 fully saturated rings. The molecule has 1 aliphatic heterocycles. The van der Waals surface area contributed by atoms with Crippen molar-refractivity contribution in [3.8, 4) is 0 Å². The monoisotopic (exact) mass is 341 g/mol. The molecule has 0 aromatic rings. The number of likely N-dealkylation sites (tertiary alicyclic amines) is 1. The largest absolute Gasteiger partial charge is 0.391 e. The van der Waals surface area contributed by atoms with Gasteiger partial charge in [-0.1, -0.05) is 15.9 Å². The summed E-state index contributed by atoms with van der Waals surface area (Å²) in [6, 6.07) is 0.229. The quantitative estimate of drug-likeness (QED) is 0.700. The Morgan fingerprint density at radius 3 is 2.32 bits per heavy atom. The molecule has 1 heterocycles. The minimum absolute atomic E-state index is 0.0718. The van der Waals surface area contributed by atoms with Crippen LogP contribution in [0.1, 0.15) is 38.5 Å². The summed E-state index contributed by atoms with van der Waals surface area (Å²) in [5, 5.41) is 0.761. The van der Waals surface area contributed by atoms with Crippen LogP contribution >= 0.6 is 15.9 Å². The van der Waals surface area contributed by atoms with Gasteiger partial charge in [-0.25, -0.2) is 0 Å². The third-order valence-corrected chi connectivity index (χ3v) is 5.13. The number of alkyl halides is 4. The Hall–Kier alpha value is -0.260. The Bertz CT molecular complexity index is 326. The first-order valence-corrected chi connectivity index (χ1v) is 7.98. The van der Waals surface area contributed by atoms with Crippen LogP contribution in [0.5, 0.6) is 0 Å². The van der Waals surface area contributed by atoms with Gasteiger partial charge in [0.15, 0.2) is 0 Å². The molecule has 2 aliphatic rings. The maximum atomic E-state index is 12.6. The Morgan fingerprint density at radius 1 is 1.16 bits per heavy atom. The van der Waals surface area contributed by atoms with Crippen molar-refractivity contribution in [2.24, 2.45) is 11.8 Å². The number of amides is 1. The molecule has 0 spiro atoms. The summed E-state index contributed by atoms with van der Waals surface area (Å²) in [5.41, 5.74) is 0. The van der Waals surface area contributed by atoms with Crippen LogP contribution in [0.4, 0.5) is 13.2 Å². The molecule has 0 bridgehead atoms. The second-order valence-corrected chi connectivity index (χ2v) is 6.22. The van der Waals surface area contributed by atoms with E-state index < -0.39 is 12.1 Å². The molecule has 0 aromatic carbocycles. The van der Waals surface area contributed by atoms with E-state index in [9.17, 15) is 18.0 Å². The van der Waals surface area contributed by atoms with E-state index in [0.717, 1.165) is 24.7 Å². The fourth-order valence-corrected chi connectivity index (χ4v) is 3.86. The Labute approximate surface area is 119 Å². The molecule has 1 saturated carbocycles. The van der Waals surface area contributed by atoms with E-state index in [1.54, 1.807) is 0 Å². The number of nitrogens with zero attached hydrogens (tertiary/aromatic N) is 1. The molecule has 110 valence electrons. The minimum Gasteiger partial charge on any atom is -0.339 e. The molecule has 0 radical (unpaired) electrons. The summed E-state index contributed by atoms with van der Waals surface area (Å²) in [6.45, 7) is 0.758. The number of hydrogen-bond donors (Lipinski definition) is 0. The van der Waals surface area contributed by atoms with Crippen LogP contribution in [0.2, 0.25) is 0 Å². The van der Waals surface area contributed by atoms with Crippen LogP contribution in [-0.2, 0) is 4.79 Å². The standard InChI is InChI=1S/C13H19BrF3NO/c14-8-11-2-1-7-18(11)12(19)9-3-5-10(6-4-9)13(15,16)17/h9-11H,1-8H2. The summed E-state index contributed by atoms with van der Waals surface area (Å²) in [4.78, 5) is 14.2. The van der Waals surface area contributed by atoms with Crippen molar-refractivity contribution in [3.63, 3.8) is 0 Å². The smallest absolute Gasteiger partial charge is 0.339 e. The SMILES string of the molecule is O=C(C1CCC(C(F)(F)F)CC1)N1CCCC1CBr. The molecule has 1 unspecified atom stereocenters. The maximum Gasteiger partial charge on any atom is 0.391 e. The fraction of sp³-hybridized carbons (Fsp3) is 0.923. The predicted octanol–water partition coefficient (Wildman–Crippen LogP) is 3.74. The van der Waals surface area contributed by atoms with E-state index in [2.05, 4.69) is 15.9 Å². The van der Waals surface area contributed by atoms with Crippen LogP contribution < -0.4 is 0 Å². The predicted molar refractivity (Wildman–Crippen MR) is 70.0 cm³/mol. The van der Waals surface area contributed by atoms with E-state index in [0.29, 0.717) is 12.8 Å². The van der Waals surface area contributed by atoms with Gasteiger partial charge in [0, 0.05) is 23.8 Å². The van der Waals surface area contributed by atoms with Gasteiger partial charge in [-0.2, -0.15) is 13.2 Å². The first-order valence-electron chi connectivity index (χ1n) is 6.86. The lowest BCUT2D eigenvalue weighted by Crippen LogP contribution is -2.42. The number of hydrogen-bond acceptors (Lipinski definition) is 1. The molecule has 0 N–H and O–H groups in total. The first-order chi connectivity index (χ1) is 8.93. The number of halogens is 4. The van der Waals surface area contributed by atoms with E-state index in [1.165, 1.54) is 0 Å². The molecular formula is C13H19BrF3NO. The van der Waals surface area contributed by atoms with Crippen LogP contribution in [-0.4, -0.2) is 34.9 Å². The second kappa shape index (κ2) is 6.02. The number of carbonyl (C=O) groups excluding carboxylic acids is 1. The summed E-state index contributed by atoms with van der Waals surface area (Å²) >= 11 is 3.40. The maximum absolute atomic E-state index is 12.6. The molecule has 19 heavy (non-hydrogen) atoms. The first kappa shape index (κ1) is 15.1. The van der Waals surface area contributed by atoms with Gasteiger partial charge in [-0.05, 0) is 38.5 Å². The Morgan fingerprint density at radius 2 is 1.79 bits per heavy atom. The van der Waals surface area contributed by atoms with Crippen molar-refractivity contribution in [1.82, 2.24) is 4.90 Å². The van der Waals surface area contributed by atoms with Crippen molar-refractivity contribution in [3.05, 3.63) is 0 Å². The lowest BCUT2D eigenvalue weighted by molar-refractivity contribution is -0.185. The van der Waals surface area contributed by atoms with Gasteiger partial charge in [0.1, 0.15) is 0 Å². The van der Waals surface area contributed by atoms with Gasteiger partial charge >= 0.3 is 6.18 Å². The highest BCUT2D eigenvalue weighted by molar-refractivity contribution is 9.09. The molecule has 1 atom stereocenters. The minimum atomic E-state index is -4.10. The number of carbonyl (C=O) groups is 1. The zero-order valence-corrected chi connectivity index (χ0v) is 12.3. The van der Waals surface area contributed by atoms with Crippen molar-refractivity contribution < 1.29 is 18.0 Å². The van der Waals surface area contributed by atoms with E-state index in [1.807, 2.05) is 4.90 Å². The Kier molecular flexibility index (Phi) is 4.79. The summed E-state index contributed by atoms with van der Waals surface area (Å²) in [7, 11) is 0. The third kappa shape index (κ3) is 3.44. The summed E-state index contributed by atoms with van der Waals surface area (Å²) in [5.74, 6) is -1.33. The molecule has 1 amide bonds. The van der Waals surface area contributed by atoms with Gasteiger partial charge < -0.3 is 4.90 Å². The second-order valence-electron chi connectivity index (χ2n) is 5.57.